The van der Waals surface area contributed by atoms with Crippen molar-refractivity contribution < 1.29 is 52.8 Å². The van der Waals surface area contributed by atoms with Crippen molar-refractivity contribution in [3.8, 4) is 0 Å². The minimum atomic E-state index is -3.61. The number of sulfonamides is 1. The third-order valence-electron chi connectivity index (χ3n) is 6.04. The molecule has 232 valence electrons. The number of carboxylic acids is 4. The van der Waals surface area contributed by atoms with Gasteiger partial charge in [0.25, 0.3) is 10.0 Å². The zero-order valence-electron chi connectivity index (χ0n) is 23.2. The summed E-state index contributed by atoms with van der Waals surface area (Å²) in [6.45, 7) is 5.41. The Bertz CT molecular complexity index is 1390. The number of carbonyl (C=O) groups is 4. The molecule has 2 aliphatic rings. The molecular formula is C28H33N3O11S. The van der Waals surface area contributed by atoms with Crippen LogP contribution >= 0.6 is 0 Å². The van der Waals surface area contributed by atoms with E-state index in [1.165, 1.54) is 4.31 Å². The predicted molar refractivity (Wildman–Crippen MR) is 154 cm³/mol. The summed E-state index contributed by atoms with van der Waals surface area (Å²) in [4.78, 5) is 40.9. The fourth-order valence-corrected chi connectivity index (χ4v) is 5.52. The van der Waals surface area contributed by atoms with Gasteiger partial charge in [-0.25, -0.2) is 27.6 Å². The summed E-state index contributed by atoms with van der Waals surface area (Å²) in [5.74, 6) is -5.03. The van der Waals surface area contributed by atoms with Crippen LogP contribution < -0.4 is 9.62 Å². The number of rotatable bonds is 8. The molecule has 0 aliphatic carbocycles. The van der Waals surface area contributed by atoms with E-state index >= 15 is 0 Å². The predicted octanol–water partition coefficient (Wildman–Crippen LogP) is 1.26. The topological polar surface area (TPSA) is 211 Å². The molecule has 0 radical (unpaired) electrons. The Balaban J connectivity index is 0.000000334. The second-order valence-electron chi connectivity index (χ2n) is 8.93. The van der Waals surface area contributed by atoms with E-state index in [0.717, 1.165) is 38.3 Å². The zero-order valence-corrected chi connectivity index (χ0v) is 24.0. The van der Waals surface area contributed by atoms with Gasteiger partial charge in [-0.05, 0) is 12.1 Å². The molecule has 15 heteroatoms. The first-order valence-electron chi connectivity index (χ1n) is 12.8. The number of hydrogen-bond acceptors (Lipinski definition) is 9. The van der Waals surface area contributed by atoms with Gasteiger partial charge in [0, 0.05) is 75.2 Å². The lowest BCUT2D eigenvalue weighted by atomic mass is 9.99. The summed E-state index contributed by atoms with van der Waals surface area (Å²) in [5, 5.41) is 34.6. The first-order chi connectivity index (χ1) is 20.3. The normalized spacial score (nSPS) is 17.3. The molecule has 0 spiro atoms. The molecule has 0 aromatic heterocycles. The van der Waals surface area contributed by atoms with E-state index in [2.05, 4.69) is 10.2 Å². The number of para-hydroxylation sites is 1. The number of ether oxygens (including phenoxy) is 1. The lowest BCUT2D eigenvalue weighted by Gasteiger charge is -2.28. The largest absolute Gasteiger partial charge is 0.478 e. The summed E-state index contributed by atoms with van der Waals surface area (Å²) in [7, 11) is -2.01. The molecule has 0 amide bonds. The molecule has 2 heterocycles. The second-order valence-corrected chi connectivity index (χ2v) is 10.9. The molecule has 14 nitrogen and oxygen atoms in total. The molecule has 1 fully saturated rings. The van der Waals surface area contributed by atoms with Gasteiger partial charge in [-0.1, -0.05) is 36.4 Å². The van der Waals surface area contributed by atoms with Gasteiger partial charge in [-0.15, -0.1) is 0 Å². The summed E-state index contributed by atoms with van der Waals surface area (Å²) < 4.78 is 33.9. The number of nitrogens with one attached hydrogen (secondary N) is 1. The second kappa shape index (κ2) is 16.8. The van der Waals surface area contributed by atoms with Crippen LogP contribution in [-0.4, -0.2) is 104 Å². The Morgan fingerprint density at radius 1 is 0.814 bits per heavy atom. The minimum Gasteiger partial charge on any atom is -0.478 e. The molecule has 4 rings (SSSR count). The van der Waals surface area contributed by atoms with Crippen molar-refractivity contribution in [1.29, 1.82) is 0 Å². The fraction of sp³-hybridized carbons (Fsp3) is 0.286. The molecule has 1 atom stereocenters. The maximum Gasteiger partial charge on any atom is 0.328 e. The van der Waals surface area contributed by atoms with Crippen LogP contribution in [0, 0.1) is 0 Å². The molecule has 2 aromatic rings. The number of nitrogens with zero attached hydrogens (tertiary/aromatic N) is 2. The Hall–Kier alpha value is -4.57. The van der Waals surface area contributed by atoms with Crippen LogP contribution in [0.15, 0.2) is 77.7 Å². The zero-order chi connectivity index (χ0) is 32.0. The van der Waals surface area contributed by atoms with Crippen molar-refractivity contribution in [2.24, 2.45) is 0 Å². The van der Waals surface area contributed by atoms with Gasteiger partial charge in [0.15, 0.2) is 0 Å². The average Bonchev–Trinajstić information content (AvgIpc) is 3.04. The quantitative estimate of drug-likeness (QED) is 0.264. The van der Waals surface area contributed by atoms with Gasteiger partial charge in [-0.2, -0.15) is 0 Å². The van der Waals surface area contributed by atoms with E-state index in [0.29, 0.717) is 47.1 Å². The van der Waals surface area contributed by atoms with E-state index in [-0.39, 0.29) is 0 Å². The number of hydrogen-bond donors (Lipinski definition) is 5. The highest BCUT2D eigenvalue weighted by Crippen LogP contribution is 2.41. The first-order valence-corrected chi connectivity index (χ1v) is 14.3. The van der Waals surface area contributed by atoms with Gasteiger partial charge >= 0.3 is 23.9 Å². The molecule has 43 heavy (non-hydrogen) atoms. The van der Waals surface area contributed by atoms with Crippen molar-refractivity contribution in [2.45, 2.75) is 11.0 Å². The smallest absolute Gasteiger partial charge is 0.328 e. The molecular weight excluding hydrogens is 586 g/mol. The van der Waals surface area contributed by atoms with E-state index in [1.807, 2.05) is 36.4 Å². The molecule has 0 saturated carbocycles. The van der Waals surface area contributed by atoms with Gasteiger partial charge in [0.05, 0.1) is 17.2 Å². The van der Waals surface area contributed by atoms with Crippen molar-refractivity contribution in [3.05, 3.63) is 84.0 Å². The van der Waals surface area contributed by atoms with Crippen molar-refractivity contribution in [2.75, 3.05) is 50.7 Å². The van der Waals surface area contributed by atoms with Crippen molar-refractivity contribution in [3.63, 3.8) is 0 Å². The first kappa shape index (κ1) is 34.6. The molecule has 1 unspecified atom stereocenters. The van der Waals surface area contributed by atoms with E-state index in [9.17, 15) is 27.6 Å². The van der Waals surface area contributed by atoms with E-state index < -0.39 is 40.0 Å². The summed E-state index contributed by atoms with van der Waals surface area (Å²) >= 11 is 0. The monoisotopic (exact) mass is 619 g/mol. The van der Waals surface area contributed by atoms with Crippen LogP contribution in [0.3, 0.4) is 0 Å². The third kappa shape index (κ3) is 11.0. The van der Waals surface area contributed by atoms with Crippen LogP contribution in [0.1, 0.15) is 17.2 Å². The highest BCUT2D eigenvalue weighted by Gasteiger charge is 2.35. The third-order valence-corrected chi connectivity index (χ3v) is 7.88. The SMILES string of the molecule is CN1c2ccccc2C(OCCN2CCNCC2)c2ccccc2S1(=O)=O.O=C(O)/C=C/C(=O)O.O=C(O)/C=C/C(=O)O. The standard InChI is InChI=1S/C20H25N3O3S.2C4H4O4/c1-22-18-8-4-2-6-16(18)20(26-15-14-23-12-10-21-11-13-23)17-7-3-5-9-19(17)27(22,24)25;2*5-3(6)1-2-4(7)8/h2-9,20-21H,10-15H2,1H3;2*1-2H,(H,5,6)(H,7,8)/b;2*2-1+. The Morgan fingerprint density at radius 2 is 1.28 bits per heavy atom. The van der Waals surface area contributed by atoms with Crippen LogP contribution in [0.4, 0.5) is 5.69 Å². The maximum atomic E-state index is 13.1. The molecule has 2 aromatic carbocycles. The van der Waals surface area contributed by atoms with Crippen LogP contribution in [-0.2, 0) is 33.9 Å². The highest BCUT2D eigenvalue weighted by molar-refractivity contribution is 7.92. The fourth-order valence-electron chi connectivity index (χ4n) is 4.07. The summed E-state index contributed by atoms with van der Waals surface area (Å²) in [5.41, 5.74) is 2.25. The Labute approximate surface area is 248 Å². The highest BCUT2D eigenvalue weighted by atomic mass is 32.2. The van der Waals surface area contributed by atoms with Gasteiger partial charge in [-0.3, -0.25) is 9.21 Å². The number of benzene rings is 2. The number of aliphatic carboxylic acids is 4. The lowest BCUT2D eigenvalue weighted by molar-refractivity contribution is -0.134. The van der Waals surface area contributed by atoms with Crippen LogP contribution in [0.2, 0.25) is 0 Å². The van der Waals surface area contributed by atoms with E-state index in [4.69, 9.17) is 25.2 Å². The van der Waals surface area contributed by atoms with Crippen LogP contribution in [0.25, 0.3) is 0 Å². The lowest BCUT2D eigenvalue weighted by Crippen LogP contribution is -2.44. The Kier molecular flexibility index (Phi) is 13.5. The van der Waals surface area contributed by atoms with Gasteiger partial charge in [0.1, 0.15) is 6.10 Å². The molecule has 2 aliphatic heterocycles. The van der Waals surface area contributed by atoms with Crippen LogP contribution in [0.5, 0.6) is 0 Å². The number of carboxylic acid groups (broad SMARTS) is 4. The van der Waals surface area contributed by atoms with E-state index in [1.54, 1.807) is 19.2 Å². The minimum absolute atomic E-state index is 0.316. The summed E-state index contributed by atoms with van der Waals surface area (Å²) in [6.07, 6.45) is 1.83. The molecule has 1 saturated heterocycles. The number of fused-ring (bicyclic) bond motifs is 2. The van der Waals surface area contributed by atoms with Crippen molar-refractivity contribution in [1.82, 2.24) is 10.2 Å². The average molecular weight is 620 g/mol. The maximum absolute atomic E-state index is 13.1. The summed E-state index contributed by atoms with van der Waals surface area (Å²) in [6, 6.07) is 14.7. The number of piperazine rings is 1. The number of anilines is 1. The Morgan fingerprint density at radius 3 is 1.79 bits per heavy atom. The van der Waals surface area contributed by atoms with Gasteiger partial charge < -0.3 is 30.5 Å². The van der Waals surface area contributed by atoms with Gasteiger partial charge in [0.2, 0.25) is 0 Å². The molecule has 5 N–H and O–H groups in total. The van der Waals surface area contributed by atoms with Crippen molar-refractivity contribution >= 4 is 39.6 Å². The molecule has 0 bridgehead atoms.